The van der Waals surface area contributed by atoms with Crippen LogP contribution in [0.4, 0.5) is 0 Å². The fourth-order valence-electron chi connectivity index (χ4n) is 4.10. The number of carbonyl (C=O) groups excluding carboxylic acids is 1. The van der Waals surface area contributed by atoms with Crippen molar-refractivity contribution in [1.82, 2.24) is 10.2 Å². The van der Waals surface area contributed by atoms with E-state index in [2.05, 4.69) is 22.1 Å². The molecule has 0 bridgehead atoms. The molecule has 1 saturated carbocycles. The van der Waals surface area contributed by atoms with Crippen molar-refractivity contribution < 1.29 is 14.3 Å². The summed E-state index contributed by atoms with van der Waals surface area (Å²) in [5, 5.41) is 7.63. The highest BCUT2D eigenvalue weighted by Crippen LogP contribution is 2.56. The first-order valence-electron chi connectivity index (χ1n) is 9.48. The number of nitrogens with zero attached hydrogens (tertiary/aromatic N) is 1. The Kier molecular flexibility index (Phi) is 5.36. The third kappa shape index (κ3) is 4.12. The lowest BCUT2D eigenvalue weighted by Gasteiger charge is -2.29. The number of amides is 1. The molecule has 5 nitrogen and oxygen atoms in total. The average Bonchev–Trinajstić information content (AvgIpc) is 3.13. The summed E-state index contributed by atoms with van der Waals surface area (Å²) in [6.07, 6.45) is 3.42. The minimum absolute atomic E-state index is 0.0577. The second-order valence-corrected chi connectivity index (χ2v) is 8.23. The summed E-state index contributed by atoms with van der Waals surface area (Å²) in [6.45, 7) is 2.83. The summed E-state index contributed by atoms with van der Waals surface area (Å²) >= 11 is 1.67. The molecule has 2 aliphatic rings. The largest absolute Gasteiger partial charge is 0.497 e. The summed E-state index contributed by atoms with van der Waals surface area (Å²) in [4.78, 5) is 15.1. The van der Waals surface area contributed by atoms with Crippen LogP contribution in [-0.2, 0) is 11.3 Å². The Morgan fingerprint density at radius 1 is 1.30 bits per heavy atom. The number of carbonyl (C=O) groups is 1. The normalized spacial score (nSPS) is 20.3. The molecule has 1 aromatic carbocycles. The topological polar surface area (TPSA) is 50.8 Å². The second kappa shape index (κ2) is 7.90. The molecular weight excluding hydrogens is 360 g/mol. The molecule has 1 atom stereocenters. The third-order valence-corrected chi connectivity index (χ3v) is 6.51. The zero-order chi connectivity index (χ0) is 18.7. The molecule has 1 unspecified atom stereocenters. The molecular formula is C21H26N2O3S. The second-order valence-electron chi connectivity index (χ2n) is 7.45. The fourth-order valence-corrected chi connectivity index (χ4v) is 4.76. The Bertz CT molecular complexity index is 771. The Hall–Kier alpha value is -2.05. The smallest absolute Gasteiger partial charge is 0.261 e. The first-order chi connectivity index (χ1) is 13.2. The van der Waals surface area contributed by atoms with E-state index in [0.717, 1.165) is 38.1 Å². The van der Waals surface area contributed by atoms with Gasteiger partial charge in [0.2, 0.25) is 0 Å². The zero-order valence-electron chi connectivity index (χ0n) is 15.6. The monoisotopic (exact) mass is 386 g/mol. The average molecular weight is 387 g/mol. The summed E-state index contributed by atoms with van der Waals surface area (Å²) in [6, 6.07) is 9.83. The molecule has 1 aromatic heterocycles. The fraction of sp³-hybridized carbons (Fsp3) is 0.476. The standard InChI is InChI=1S/C21H26N2O3S/c1-25-17-3-2-4-18(11-17)26-14-20(24)23(13-16-5-10-27-15-16)19-12-21(19)6-8-22-9-7-21/h2-5,10-11,15,19,22H,6-9,12-14H2,1H3. The van der Waals surface area contributed by atoms with Crippen LogP contribution in [0.1, 0.15) is 24.8 Å². The summed E-state index contributed by atoms with van der Waals surface area (Å²) in [5.74, 6) is 1.45. The highest BCUT2D eigenvalue weighted by atomic mass is 32.1. The number of methoxy groups -OCH3 is 1. The summed E-state index contributed by atoms with van der Waals surface area (Å²) in [7, 11) is 1.62. The number of hydrogen-bond acceptors (Lipinski definition) is 5. The molecule has 27 heavy (non-hydrogen) atoms. The Balaban J connectivity index is 1.44. The van der Waals surface area contributed by atoms with Crippen molar-refractivity contribution in [2.75, 3.05) is 26.8 Å². The Morgan fingerprint density at radius 3 is 2.85 bits per heavy atom. The zero-order valence-corrected chi connectivity index (χ0v) is 16.5. The van der Waals surface area contributed by atoms with Gasteiger partial charge in [-0.3, -0.25) is 4.79 Å². The van der Waals surface area contributed by atoms with Crippen LogP contribution in [0.25, 0.3) is 0 Å². The number of nitrogens with one attached hydrogen (secondary N) is 1. The molecule has 0 radical (unpaired) electrons. The van der Waals surface area contributed by atoms with Gasteiger partial charge < -0.3 is 19.7 Å². The van der Waals surface area contributed by atoms with Crippen LogP contribution in [0.2, 0.25) is 0 Å². The molecule has 1 saturated heterocycles. The molecule has 1 spiro atoms. The third-order valence-electron chi connectivity index (χ3n) is 5.78. The van der Waals surface area contributed by atoms with Gasteiger partial charge in [0.1, 0.15) is 11.5 Å². The molecule has 1 N–H and O–H groups in total. The number of thiophene rings is 1. The number of benzene rings is 1. The molecule has 1 amide bonds. The number of rotatable bonds is 7. The van der Waals surface area contributed by atoms with Crippen LogP contribution in [0.3, 0.4) is 0 Å². The van der Waals surface area contributed by atoms with Crippen molar-refractivity contribution in [3.05, 3.63) is 46.7 Å². The van der Waals surface area contributed by atoms with Gasteiger partial charge in [0.25, 0.3) is 5.91 Å². The lowest BCUT2D eigenvalue weighted by Crippen LogP contribution is -2.41. The van der Waals surface area contributed by atoms with E-state index in [9.17, 15) is 4.79 Å². The van der Waals surface area contributed by atoms with E-state index in [1.165, 1.54) is 5.56 Å². The van der Waals surface area contributed by atoms with E-state index in [-0.39, 0.29) is 12.5 Å². The van der Waals surface area contributed by atoms with Crippen LogP contribution in [-0.4, -0.2) is 43.7 Å². The first-order valence-corrected chi connectivity index (χ1v) is 10.4. The Morgan fingerprint density at radius 2 is 2.11 bits per heavy atom. The SMILES string of the molecule is COc1cccc(OCC(=O)N(Cc2ccsc2)C2CC23CCNCC3)c1. The van der Waals surface area contributed by atoms with Crippen LogP contribution in [0, 0.1) is 5.41 Å². The van der Waals surface area contributed by atoms with E-state index in [1.807, 2.05) is 29.2 Å². The summed E-state index contributed by atoms with van der Waals surface area (Å²) in [5.41, 5.74) is 1.51. The van der Waals surface area contributed by atoms with Crippen LogP contribution in [0.5, 0.6) is 11.5 Å². The van der Waals surface area contributed by atoms with Gasteiger partial charge in [0.15, 0.2) is 6.61 Å². The lowest BCUT2D eigenvalue weighted by molar-refractivity contribution is -0.135. The molecule has 6 heteroatoms. The maximum Gasteiger partial charge on any atom is 0.261 e. The minimum atomic E-state index is 0.0577. The number of piperidine rings is 1. The first kappa shape index (κ1) is 18.3. The highest BCUT2D eigenvalue weighted by Gasteiger charge is 2.57. The van der Waals surface area contributed by atoms with Gasteiger partial charge in [-0.05, 0) is 72.3 Å². The predicted octanol–water partition coefficient (Wildman–Crippen LogP) is 3.31. The van der Waals surface area contributed by atoms with E-state index in [4.69, 9.17) is 9.47 Å². The van der Waals surface area contributed by atoms with Crippen molar-refractivity contribution in [2.45, 2.75) is 31.8 Å². The van der Waals surface area contributed by atoms with E-state index in [1.54, 1.807) is 18.4 Å². The molecule has 1 aliphatic carbocycles. The van der Waals surface area contributed by atoms with Crippen molar-refractivity contribution in [3.8, 4) is 11.5 Å². The van der Waals surface area contributed by atoms with Gasteiger partial charge in [0, 0.05) is 18.7 Å². The van der Waals surface area contributed by atoms with Gasteiger partial charge in [-0.15, -0.1) is 0 Å². The number of ether oxygens (including phenoxy) is 2. The van der Waals surface area contributed by atoms with Gasteiger partial charge in [-0.2, -0.15) is 11.3 Å². The van der Waals surface area contributed by atoms with Crippen LogP contribution in [0.15, 0.2) is 41.1 Å². The van der Waals surface area contributed by atoms with Gasteiger partial charge in [-0.1, -0.05) is 6.07 Å². The van der Waals surface area contributed by atoms with Gasteiger partial charge in [-0.25, -0.2) is 0 Å². The van der Waals surface area contributed by atoms with Crippen LogP contribution < -0.4 is 14.8 Å². The van der Waals surface area contributed by atoms with E-state index in [0.29, 0.717) is 23.8 Å². The molecule has 4 rings (SSSR count). The van der Waals surface area contributed by atoms with Crippen molar-refractivity contribution >= 4 is 17.2 Å². The van der Waals surface area contributed by atoms with Crippen LogP contribution >= 0.6 is 11.3 Å². The molecule has 1 aliphatic heterocycles. The van der Waals surface area contributed by atoms with E-state index >= 15 is 0 Å². The lowest BCUT2D eigenvalue weighted by atomic mass is 9.93. The number of hydrogen-bond donors (Lipinski definition) is 1. The highest BCUT2D eigenvalue weighted by molar-refractivity contribution is 7.07. The van der Waals surface area contributed by atoms with Crippen molar-refractivity contribution in [3.63, 3.8) is 0 Å². The molecule has 2 aromatic rings. The quantitative estimate of drug-likeness (QED) is 0.793. The van der Waals surface area contributed by atoms with Crippen molar-refractivity contribution in [1.29, 1.82) is 0 Å². The van der Waals surface area contributed by atoms with Gasteiger partial charge >= 0.3 is 0 Å². The maximum absolute atomic E-state index is 13.1. The maximum atomic E-state index is 13.1. The minimum Gasteiger partial charge on any atom is -0.497 e. The van der Waals surface area contributed by atoms with E-state index < -0.39 is 0 Å². The summed E-state index contributed by atoms with van der Waals surface area (Å²) < 4.78 is 11.0. The molecule has 2 fully saturated rings. The van der Waals surface area contributed by atoms with Gasteiger partial charge in [0.05, 0.1) is 7.11 Å². The van der Waals surface area contributed by atoms with Crippen molar-refractivity contribution in [2.24, 2.45) is 5.41 Å². The predicted molar refractivity (Wildman–Crippen MR) is 106 cm³/mol. The Labute approximate surface area is 164 Å². The molecule has 2 heterocycles. The molecule has 144 valence electrons.